The van der Waals surface area contributed by atoms with Crippen LogP contribution in [0.1, 0.15) is 13.3 Å². The summed E-state index contributed by atoms with van der Waals surface area (Å²) in [6.45, 7) is 2.79. The molecule has 0 saturated heterocycles. The summed E-state index contributed by atoms with van der Waals surface area (Å²) in [6.07, 6.45) is 2.70. The van der Waals surface area contributed by atoms with Crippen LogP contribution >= 0.6 is 0 Å². The van der Waals surface area contributed by atoms with E-state index in [1.54, 1.807) is 6.20 Å². The Labute approximate surface area is 111 Å². The number of nitrogens with zero attached hydrogens (tertiary/aromatic N) is 2. The molecular formula is C15H15N3O. The first-order valence-electron chi connectivity index (χ1n) is 6.41. The molecule has 96 valence electrons. The van der Waals surface area contributed by atoms with Crippen LogP contribution in [0.15, 0.2) is 42.6 Å². The number of hydrogen-bond donors (Lipinski definition) is 1. The maximum Gasteiger partial charge on any atom is 0.129 e. The van der Waals surface area contributed by atoms with Crippen molar-refractivity contribution in [3.63, 3.8) is 0 Å². The molecule has 1 heterocycles. The Morgan fingerprint density at radius 2 is 2.05 bits per heavy atom. The van der Waals surface area contributed by atoms with Gasteiger partial charge in [0.2, 0.25) is 0 Å². The second kappa shape index (κ2) is 5.10. The van der Waals surface area contributed by atoms with Crippen molar-refractivity contribution >= 4 is 10.8 Å². The summed E-state index contributed by atoms with van der Waals surface area (Å²) >= 11 is 0. The molecule has 0 aliphatic heterocycles. The van der Waals surface area contributed by atoms with Crippen LogP contribution in [-0.4, -0.2) is 22.0 Å². The third kappa shape index (κ3) is 2.17. The Morgan fingerprint density at radius 1 is 1.16 bits per heavy atom. The highest BCUT2D eigenvalue weighted by Crippen LogP contribution is 2.35. The topological polar surface area (TPSA) is 50.8 Å². The zero-order chi connectivity index (χ0) is 13.1. The predicted molar refractivity (Wildman–Crippen MR) is 75.1 cm³/mol. The smallest absolute Gasteiger partial charge is 0.129 e. The van der Waals surface area contributed by atoms with Gasteiger partial charge in [-0.25, -0.2) is 0 Å². The van der Waals surface area contributed by atoms with Crippen molar-refractivity contribution in [2.24, 2.45) is 0 Å². The Kier molecular flexibility index (Phi) is 3.14. The summed E-state index contributed by atoms with van der Waals surface area (Å²) in [4.78, 5) is 0. The summed E-state index contributed by atoms with van der Waals surface area (Å²) in [5.74, 6) is 0.856. The molecule has 1 N–H and O–H groups in total. The summed E-state index contributed by atoms with van der Waals surface area (Å²) in [6, 6.07) is 12.3. The van der Waals surface area contributed by atoms with Gasteiger partial charge in [0, 0.05) is 0 Å². The van der Waals surface area contributed by atoms with Crippen molar-refractivity contribution in [2.75, 3.05) is 6.61 Å². The lowest BCUT2D eigenvalue weighted by Crippen LogP contribution is -1.97. The van der Waals surface area contributed by atoms with E-state index in [0.29, 0.717) is 6.61 Å². The Morgan fingerprint density at radius 3 is 2.84 bits per heavy atom. The molecule has 0 bridgehead atoms. The lowest BCUT2D eigenvalue weighted by atomic mass is 10.0. The number of H-pyrrole nitrogens is 1. The molecule has 0 spiro atoms. The number of hydrogen-bond acceptors (Lipinski definition) is 3. The molecule has 3 rings (SSSR count). The summed E-state index contributed by atoms with van der Waals surface area (Å²) in [7, 11) is 0. The van der Waals surface area contributed by atoms with Gasteiger partial charge in [0.15, 0.2) is 0 Å². The van der Waals surface area contributed by atoms with E-state index in [1.165, 1.54) is 5.39 Å². The minimum atomic E-state index is 0.698. The van der Waals surface area contributed by atoms with Gasteiger partial charge in [0.05, 0.1) is 18.4 Å². The fraction of sp³-hybridized carbons (Fsp3) is 0.200. The molecule has 19 heavy (non-hydrogen) atoms. The Balaban J connectivity index is 2.22. The van der Waals surface area contributed by atoms with Crippen LogP contribution in [0.3, 0.4) is 0 Å². The minimum Gasteiger partial charge on any atom is -0.493 e. The zero-order valence-electron chi connectivity index (χ0n) is 10.8. The van der Waals surface area contributed by atoms with Gasteiger partial charge < -0.3 is 4.74 Å². The molecule has 0 radical (unpaired) electrons. The van der Waals surface area contributed by atoms with Gasteiger partial charge in [-0.05, 0) is 23.3 Å². The molecule has 0 amide bonds. The normalized spacial score (nSPS) is 10.8. The van der Waals surface area contributed by atoms with Crippen molar-refractivity contribution < 1.29 is 4.74 Å². The van der Waals surface area contributed by atoms with E-state index in [-0.39, 0.29) is 0 Å². The van der Waals surface area contributed by atoms with E-state index in [9.17, 15) is 0 Å². The number of aromatic nitrogens is 3. The first kappa shape index (κ1) is 11.7. The molecule has 0 saturated carbocycles. The molecule has 0 unspecified atom stereocenters. The molecule has 0 aliphatic carbocycles. The third-order valence-electron chi connectivity index (χ3n) is 3.02. The summed E-state index contributed by atoms with van der Waals surface area (Å²) < 4.78 is 5.84. The van der Waals surface area contributed by atoms with Gasteiger partial charge in [0.25, 0.3) is 0 Å². The van der Waals surface area contributed by atoms with Gasteiger partial charge in [0.1, 0.15) is 11.4 Å². The van der Waals surface area contributed by atoms with Gasteiger partial charge in [-0.15, -0.1) is 0 Å². The highest BCUT2D eigenvalue weighted by molar-refractivity contribution is 5.98. The van der Waals surface area contributed by atoms with E-state index < -0.39 is 0 Å². The number of nitrogens with one attached hydrogen (secondary N) is 1. The van der Waals surface area contributed by atoms with Crippen molar-refractivity contribution in [1.82, 2.24) is 15.4 Å². The van der Waals surface area contributed by atoms with Crippen molar-refractivity contribution in [2.45, 2.75) is 13.3 Å². The van der Waals surface area contributed by atoms with Crippen LogP contribution in [0.2, 0.25) is 0 Å². The van der Waals surface area contributed by atoms with Gasteiger partial charge >= 0.3 is 0 Å². The quantitative estimate of drug-likeness (QED) is 0.775. The Hall–Kier alpha value is -2.36. The van der Waals surface area contributed by atoms with Crippen molar-refractivity contribution in [3.8, 4) is 17.0 Å². The van der Waals surface area contributed by atoms with E-state index in [2.05, 4.69) is 40.5 Å². The number of fused-ring (bicyclic) bond motifs is 1. The maximum atomic E-state index is 5.84. The summed E-state index contributed by atoms with van der Waals surface area (Å²) in [5.41, 5.74) is 1.81. The molecule has 4 nitrogen and oxygen atoms in total. The average Bonchev–Trinajstić information content (AvgIpc) is 2.98. The average molecular weight is 253 g/mol. The summed E-state index contributed by atoms with van der Waals surface area (Å²) in [5, 5.41) is 13.0. The molecule has 0 fully saturated rings. The molecule has 1 aromatic heterocycles. The number of benzene rings is 2. The van der Waals surface area contributed by atoms with Gasteiger partial charge in [-0.3, -0.25) is 0 Å². The SMILES string of the molecule is CCCOc1ccc2ccccc2c1-c1cn[nH]n1. The third-order valence-corrected chi connectivity index (χ3v) is 3.02. The molecule has 0 atom stereocenters. The van der Waals surface area contributed by atoms with Crippen molar-refractivity contribution in [3.05, 3.63) is 42.6 Å². The highest BCUT2D eigenvalue weighted by atomic mass is 16.5. The number of ether oxygens (including phenoxy) is 1. The van der Waals surface area contributed by atoms with Crippen LogP contribution < -0.4 is 4.74 Å². The second-order valence-electron chi connectivity index (χ2n) is 4.36. The highest BCUT2D eigenvalue weighted by Gasteiger charge is 2.13. The van der Waals surface area contributed by atoms with Crippen LogP contribution in [0, 0.1) is 0 Å². The van der Waals surface area contributed by atoms with E-state index in [1.807, 2.05) is 18.2 Å². The van der Waals surface area contributed by atoms with E-state index in [4.69, 9.17) is 4.74 Å². The van der Waals surface area contributed by atoms with E-state index in [0.717, 1.165) is 28.8 Å². The lowest BCUT2D eigenvalue weighted by Gasteiger charge is -2.12. The fourth-order valence-electron chi connectivity index (χ4n) is 2.17. The molecular weight excluding hydrogens is 238 g/mol. The monoisotopic (exact) mass is 253 g/mol. The number of rotatable bonds is 4. The van der Waals surface area contributed by atoms with Crippen LogP contribution in [0.5, 0.6) is 5.75 Å². The Bertz CT molecular complexity index is 677. The zero-order valence-corrected chi connectivity index (χ0v) is 10.8. The van der Waals surface area contributed by atoms with Crippen LogP contribution in [0.4, 0.5) is 0 Å². The molecule has 2 aromatic carbocycles. The number of aromatic amines is 1. The first-order valence-corrected chi connectivity index (χ1v) is 6.41. The van der Waals surface area contributed by atoms with Crippen LogP contribution in [-0.2, 0) is 0 Å². The lowest BCUT2D eigenvalue weighted by molar-refractivity contribution is 0.319. The standard InChI is InChI=1S/C15H15N3O/c1-2-9-19-14-8-7-11-5-3-4-6-12(11)15(14)13-10-16-18-17-13/h3-8,10H,2,9H2,1H3,(H,16,17,18). The predicted octanol–water partition coefficient (Wildman–Crippen LogP) is 3.41. The molecule has 0 aliphatic rings. The fourth-order valence-corrected chi connectivity index (χ4v) is 2.17. The van der Waals surface area contributed by atoms with E-state index >= 15 is 0 Å². The molecule has 3 aromatic rings. The first-order chi connectivity index (χ1) is 9.40. The minimum absolute atomic E-state index is 0.698. The maximum absolute atomic E-state index is 5.84. The van der Waals surface area contributed by atoms with Crippen LogP contribution in [0.25, 0.3) is 22.0 Å². The second-order valence-corrected chi connectivity index (χ2v) is 4.36. The van der Waals surface area contributed by atoms with Crippen molar-refractivity contribution in [1.29, 1.82) is 0 Å². The van der Waals surface area contributed by atoms with Gasteiger partial charge in [-0.2, -0.15) is 15.4 Å². The largest absolute Gasteiger partial charge is 0.493 e. The molecule has 4 heteroatoms. The van der Waals surface area contributed by atoms with Gasteiger partial charge in [-0.1, -0.05) is 37.3 Å².